The molecule has 0 radical (unpaired) electrons. The number of rotatable bonds is 5. The Morgan fingerprint density at radius 3 is 2.43 bits per heavy atom. The third kappa shape index (κ3) is 4.13. The molecule has 30 heavy (non-hydrogen) atoms. The largest absolute Gasteiger partial charge is 0.478 e. The van der Waals surface area contributed by atoms with Crippen molar-refractivity contribution in [2.45, 2.75) is 13.8 Å². The van der Waals surface area contributed by atoms with Crippen LogP contribution in [0.3, 0.4) is 0 Å². The van der Waals surface area contributed by atoms with E-state index in [1.165, 1.54) is 30.3 Å². The summed E-state index contributed by atoms with van der Waals surface area (Å²) in [7, 11) is 0. The summed E-state index contributed by atoms with van der Waals surface area (Å²) in [6.45, 7) is 3.69. The van der Waals surface area contributed by atoms with E-state index in [2.05, 4.69) is 5.32 Å². The number of carboxylic acid groups (broad SMARTS) is 1. The Bertz CT molecular complexity index is 1200. The molecule has 3 rings (SSSR count). The molecule has 2 aromatic carbocycles. The summed E-state index contributed by atoms with van der Waals surface area (Å²) in [6, 6.07) is 15.6. The number of hydrogen-bond acceptors (Lipinski definition) is 3. The van der Waals surface area contributed by atoms with Crippen molar-refractivity contribution in [3.8, 4) is 11.8 Å². The summed E-state index contributed by atoms with van der Waals surface area (Å²) >= 11 is 0. The fourth-order valence-corrected chi connectivity index (χ4v) is 3.19. The van der Waals surface area contributed by atoms with Crippen LogP contribution in [0.15, 0.2) is 60.2 Å². The Kier molecular flexibility index (Phi) is 5.79. The topological polar surface area (TPSA) is 95.1 Å². The SMILES string of the molecule is Cc1cc(/C=C(\C#N)C(=O)Nc2ccccc2C(=O)O)c(C)n1-c1ccc(F)cc1. The van der Waals surface area contributed by atoms with Gasteiger partial charge in [0.25, 0.3) is 5.91 Å². The molecule has 1 heterocycles. The molecule has 0 aliphatic heterocycles. The second-order valence-electron chi connectivity index (χ2n) is 6.61. The van der Waals surface area contributed by atoms with Crippen molar-refractivity contribution < 1.29 is 19.1 Å². The number of para-hydroxylation sites is 1. The van der Waals surface area contributed by atoms with Gasteiger partial charge in [0.2, 0.25) is 0 Å². The van der Waals surface area contributed by atoms with Crippen LogP contribution >= 0.6 is 0 Å². The molecule has 0 aliphatic rings. The highest BCUT2D eigenvalue weighted by Gasteiger charge is 2.16. The van der Waals surface area contributed by atoms with E-state index in [4.69, 9.17) is 0 Å². The maximum atomic E-state index is 13.2. The Morgan fingerprint density at radius 1 is 1.13 bits per heavy atom. The second-order valence-corrected chi connectivity index (χ2v) is 6.61. The summed E-state index contributed by atoms with van der Waals surface area (Å²) in [5.74, 6) is -2.24. The van der Waals surface area contributed by atoms with Gasteiger partial charge in [0.15, 0.2) is 0 Å². The number of nitrogens with zero attached hydrogens (tertiary/aromatic N) is 2. The fraction of sp³-hybridized carbons (Fsp3) is 0.0870. The highest BCUT2D eigenvalue weighted by Crippen LogP contribution is 2.24. The quantitative estimate of drug-likeness (QED) is 0.485. The summed E-state index contributed by atoms with van der Waals surface area (Å²) in [4.78, 5) is 23.9. The van der Waals surface area contributed by atoms with Crippen molar-refractivity contribution in [2.75, 3.05) is 5.32 Å². The van der Waals surface area contributed by atoms with Crippen molar-refractivity contribution in [3.05, 3.63) is 88.5 Å². The van der Waals surface area contributed by atoms with Crippen LogP contribution in [0, 0.1) is 31.0 Å². The first kappa shape index (κ1) is 20.6. The molecule has 0 saturated carbocycles. The predicted octanol–water partition coefficient (Wildman–Crippen LogP) is 4.48. The Morgan fingerprint density at radius 2 is 1.80 bits per heavy atom. The Labute approximate surface area is 172 Å². The van der Waals surface area contributed by atoms with E-state index < -0.39 is 11.9 Å². The van der Waals surface area contributed by atoms with Crippen LogP contribution in [0.4, 0.5) is 10.1 Å². The summed E-state index contributed by atoms with van der Waals surface area (Å²) in [6.07, 6.45) is 1.45. The van der Waals surface area contributed by atoms with Gasteiger partial charge in [-0.25, -0.2) is 9.18 Å². The fourth-order valence-electron chi connectivity index (χ4n) is 3.19. The Hall–Kier alpha value is -4.18. The molecule has 0 atom stereocenters. The number of nitriles is 1. The minimum absolute atomic E-state index is 0.0716. The molecule has 6 nitrogen and oxygen atoms in total. The molecule has 0 saturated heterocycles. The molecule has 0 bridgehead atoms. The molecule has 2 N–H and O–H groups in total. The lowest BCUT2D eigenvalue weighted by molar-refractivity contribution is -0.112. The number of anilines is 1. The monoisotopic (exact) mass is 403 g/mol. The lowest BCUT2D eigenvalue weighted by atomic mass is 10.1. The zero-order chi connectivity index (χ0) is 21.8. The van der Waals surface area contributed by atoms with Crippen LogP contribution < -0.4 is 5.32 Å². The van der Waals surface area contributed by atoms with E-state index in [1.807, 2.05) is 30.6 Å². The van der Waals surface area contributed by atoms with Crippen LogP contribution in [0.2, 0.25) is 0 Å². The number of aromatic nitrogens is 1. The third-order valence-electron chi connectivity index (χ3n) is 4.63. The minimum atomic E-state index is -1.18. The van der Waals surface area contributed by atoms with Crippen molar-refractivity contribution in [3.63, 3.8) is 0 Å². The van der Waals surface area contributed by atoms with Gasteiger partial charge in [-0.2, -0.15) is 5.26 Å². The van der Waals surface area contributed by atoms with E-state index >= 15 is 0 Å². The zero-order valence-electron chi connectivity index (χ0n) is 16.3. The molecule has 0 fully saturated rings. The van der Waals surface area contributed by atoms with Crippen molar-refractivity contribution in [1.82, 2.24) is 4.57 Å². The number of nitrogens with one attached hydrogen (secondary N) is 1. The van der Waals surface area contributed by atoms with Crippen LogP contribution in [0.1, 0.15) is 27.3 Å². The predicted molar refractivity (Wildman–Crippen MR) is 111 cm³/mol. The van der Waals surface area contributed by atoms with Gasteiger partial charge in [0.05, 0.1) is 11.3 Å². The molecule has 0 spiro atoms. The van der Waals surface area contributed by atoms with Crippen LogP contribution in [0.5, 0.6) is 0 Å². The number of carbonyl (C=O) groups is 2. The van der Waals surface area contributed by atoms with Gasteiger partial charge in [-0.3, -0.25) is 4.79 Å². The Balaban J connectivity index is 1.95. The summed E-state index contributed by atoms with van der Waals surface area (Å²) < 4.78 is 15.1. The number of aromatic carboxylic acids is 1. The zero-order valence-corrected chi connectivity index (χ0v) is 16.3. The molecule has 1 amide bonds. The molecular formula is C23H18FN3O3. The van der Waals surface area contributed by atoms with Gasteiger partial charge in [-0.1, -0.05) is 12.1 Å². The van der Waals surface area contributed by atoms with E-state index in [-0.39, 0.29) is 22.6 Å². The maximum Gasteiger partial charge on any atom is 0.337 e. The molecule has 0 aliphatic carbocycles. The highest BCUT2D eigenvalue weighted by atomic mass is 19.1. The van der Waals surface area contributed by atoms with Crippen LogP contribution in [-0.4, -0.2) is 21.6 Å². The summed E-state index contributed by atoms with van der Waals surface area (Å²) in [5.41, 5.74) is 2.88. The summed E-state index contributed by atoms with van der Waals surface area (Å²) in [5, 5.41) is 21.2. The first-order chi connectivity index (χ1) is 14.3. The first-order valence-corrected chi connectivity index (χ1v) is 9.02. The van der Waals surface area contributed by atoms with E-state index in [9.17, 15) is 24.3 Å². The number of aryl methyl sites for hydroxylation is 1. The van der Waals surface area contributed by atoms with Crippen molar-refractivity contribution >= 4 is 23.6 Å². The van der Waals surface area contributed by atoms with Crippen molar-refractivity contribution in [2.24, 2.45) is 0 Å². The molecule has 0 unspecified atom stereocenters. The normalized spacial score (nSPS) is 11.1. The standard InChI is InChI=1S/C23H18FN3O3/c1-14-11-16(15(2)27(14)19-9-7-18(24)8-10-19)12-17(13-25)22(28)26-21-6-4-3-5-20(21)23(29)30/h3-12H,1-2H3,(H,26,28)(H,29,30)/b17-12+. The van der Waals surface area contributed by atoms with Gasteiger partial charge in [-0.05, 0) is 68.0 Å². The lowest BCUT2D eigenvalue weighted by Crippen LogP contribution is -2.16. The highest BCUT2D eigenvalue weighted by molar-refractivity contribution is 6.11. The van der Waals surface area contributed by atoms with E-state index in [0.29, 0.717) is 5.56 Å². The van der Waals surface area contributed by atoms with Crippen LogP contribution in [0.25, 0.3) is 11.8 Å². The van der Waals surface area contributed by atoms with Gasteiger partial charge >= 0.3 is 5.97 Å². The smallest absolute Gasteiger partial charge is 0.337 e. The van der Waals surface area contributed by atoms with Gasteiger partial charge in [0, 0.05) is 17.1 Å². The number of carboxylic acids is 1. The number of amides is 1. The van der Waals surface area contributed by atoms with E-state index in [1.54, 1.807) is 24.3 Å². The number of benzene rings is 2. The third-order valence-corrected chi connectivity index (χ3v) is 4.63. The maximum absolute atomic E-state index is 13.2. The first-order valence-electron chi connectivity index (χ1n) is 9.02. The number of halogens is 1. The van der Waals surface area contributed by atoms with Gasteiger partial charge < -0.3 is 15.0 Å². The number of carbonyl (C=O) groups excluding carboxylic acids is 1. The van der Waals surface area contributed by atoms with E-state index in [0.717, 1.165) is 17.1 Å². The average Bonchev–Trinajstić information content (AvgIpc) is 3.00. The van der Waals surface area contributed by atoms with Crippen molar-refractivity contribution in [1.29, 1.82) is 5.26 Å². The van der Waals surface area contributed by atoms with Gasteiger partial charge in [0.1, 0.15) is 17.5 Å². The molecule has 7 heteroatoms. The molecule has 150 valence electrons. The molecular weight excluding hydrogens is 385 g/mol. The average molecular weight is 403 g/mol. The molecule has 1 aromatic heterocycles. The minimum Gasteiger partial charge on any atom is -0.478 e. The number of hydrogen-bond donors (Lipinski definition) is 2. The second kappa shape index (κ2) is 8.45. The van der Waals surface area contributed by atoms with Crippen LogP contribution in [-0.2, 0) is 4.79 Å². The lowest BCUT2D eigenvalue weighted by Gasteiger charge is -2.10. The van der Waals surface area contributed by atoms with Gasteiger partial charge in [-0.15, -0.1) is 0 Å². The molecule has 3 aromatic rings.